The van der Waals surface area contributed by atoms with Gasteiger partial charge in [-0.05, 0) is 42.3 Å². The van der Waals surface area contributed by atoms with Crippen molar-refractivity contribution in [2.45, 2.75) is 13.0 Å². The molecule has 0 saturated heterocycles. The van der Waals surface area contributed by atoms with Crippen LogP contribution in [-0.4, -0.2) is 17.7 Å². The van der Waals surface area contributed by atoms with Crippen molar-refractivity contribution in [3.63, 3.8) is 0 Å². The van der Waals surface area contributed by atoms with Crippen LogP contribution in [0.1, 0.15) is 10.4 Å². The molecular formula is C14H13ClN2O2S. The van der Waals surface area contributed by atoms with Crippen LogP contribution in [0.5, 0.6) is 0 Å². The Hall–Kier alpha value is -1.72. The molecule has 1 aromatic carbocycles. The van der Waals surface area contributed by atoms with Gasteiger partial charge in [-0.25, -0.2) is 4.79 Å². The molecule has 1 amide bonds. The van der Waals surface area contributed by atoms with Crippen LogP contribution in [0.3, 0.4) is 0 Å². The van der Waals surface area contributed by atoms with Crippen LogP contribution in [0.25, 0.3) is 0 Å². The van der Waals surface area contributed by atoms with E-state index in [0.29, 0.717) is 5.69 Å². The van der Waals surface area contributed by atoms with Crippen molar-refractivity contribution in [2.75, 3.05) is 16.8 Å². The molecule has 0 radical (unpaired) electrons. The maximum absolute atomic E-state index is 10.6. The molecule has 2 aromatic rings. The second-order valence-corrected chi connectivity index (χ2v) is 6.45. The Balaban J connectivity index is 1.78. The summed E-state index contributed by atoms with van der Waals surface area (Å²) in [6.45, 7) is 1.79. The number of carbonyl (C=O) groups is 1. The minimum absolute atomic E-state index is 0.622. The first kappa shape index (κ1) is 13.3. The van der Waals surface area contributed by atoms with Crippen molar-refractivity contribution in [3.8, 4) is 0 Å². The monoisotopic (exact) mass is 308 g/mol. The second-order valence-electron chi connectivity index (χ2n) is 4.65. The van der Waals surface area contributed by atoms with E-state index in [4.69, 9.17) is 16.7 Å². The molecule has 2 heterocycles. The Bertz CT molecular complexity index is 656. The van der Waals surface area contributed by atoms with Crippen molar-refractivity contribution in [1.29, 1.82) is 0 Å². The third-order valence-corrected chi connectivity index (χ3v) is 4.51. The quantitative estimate of drug-likeness (QED) is 0.899. The maximum atomic E-state index is 10.6. The third-order valence-electron chi connectivity index (χ3n) is 3.30. The van der Waals surface area contributed by atoms with Gasteiger partial charge in [0.2, 0.25) is 0 Å². The van der Waals surface area contributed by atoms with Gasteiger partial charge in [0.25, 0.3) is 0 Å². The highest BCUT2D eigenvalue weighted by molar-refractivity contribution is 7.16. The standard InChI is InChI=1S/C14H13ClN2O2S/c15-13-4-2-11(20-13)8-17-6-5-9-7-10(16-14(18)19)1-3-12(9)17/h1-4,7,16H,5-6,8H2,(H,18,19). The van der Waals surface area contributed by atoms with Crippen LogP contribution in [0.15, 0.2) is 30.3 Å². The number of hydrogen-bond acceptors (Lipinski definition) is 3. The van der Waals surface area contributed by atoms with E-state index >= 15 is 0 Å². The summed E-state index contributed by atoms with van der Waals surface area (Å²) < 4.78 is 0.806. The van der Waals surface area contributed by atoms with Gasteiger partial charge in [0.05, 0.1) is 10.9 Å². The van der Waals surface area contributed by atoms with E-state index in [2.05, 4.69) is 10.2 Å². The Morgan fingerprint density at radius 3 is 2.95 bits per heavy atom. The Labute approximate surface area is 125 Å². The minimum Gasteiger partial charge on any atom is -0.465 e. The summed E-state index contributed by atoms with van der Waals surface area (Å²) in [5.74, 6) is 0. The number of rotatable bonds is 3. The molecule has 1 aromatic heterocycles. The van der Waals surface area contributed by atoms with Gasteiger partial charge >= 0.3 is 6.09 Å². The summed E-state index contributed by atoms with van der Waals surface area (Å²) in [5, 5.41) is 11.1. The zero-order valence-corrected chi connectivity index (χ0v) is 12.2. The SMILES string of the molecule is O=C(O)Nc1ccc2c(c1)CCN2Cc1ccc(Cl)s1. The smallest absolute Gasteiger partial charge is 0.409 e. The number of nitrogens with zero attached hydrogens (tertiary/aromatic N) is 1. The Morgan fingerprint density at radius 2 is 2.25 bits per heavy atom. The summed E-state index contributed by atoms with van der Waals surface area (Å²) in [7, 11) is 0. The van der Waals surface area contributed by atoms with Crippen LogP contribution >= 0.6 is 22.9 Å². The van der Waals surface area contributed by atoms with Gasteiger partial charge in [-0.1, -0.05) is 11.6 Å². The van der Waals surface area contributed by atoms with Crippen LogP contribution in [0, 0.1) is 0 Å². The number of anilines is 2. The van der Waals surface area contributed by atoms with Gasteiger partial charge in [0, 0.05) is 22.8 Å². The molecule has 0 atom stereocenters. The summed E-state index contributed by atoms with van der Waals surface area (Å²) in [4.78, 5) is 14.2. The van der Waals surface area contributed by atoms with E-state index in [1.165, 1.54) is 16.1 Å². The predicted molar refractivity (Wildman–Crippen MR) is 82.2 cm³/mol. The topological polar surface area (TPSA) is 52.6 Å². The second kappa shape index (κ2) is 5.34. The van der Waals surface area contributed by atoms with E-state index in [-0.39, 0.29) is 0 Å². The molecule has 1 aliphatic rings. The van der Waals surface area contributed by atoms with Gasteiger partial charge in [-0.2, -0.15) is 0 Å². The van der Waals surface area contributed by atoms with Crippen molar-refractivity contribution < 1.29 is 9.90 Å². The normalized spacial score (nSPS) is 13.3. The lowest BCUT2D eigenvalue weighted by molar-refractivity contribution is 0.210. The fraction of sp³-hybridized carbons (Fsp3) is 0.214. The Kier molecular flexibility index (Phi) is 3.54. The predicted octanol–water partition coefficient (Wildman–Crippen LogP) is 4.05. The van der Waals surface area contributed by atoms with Crippen molar-refractivity contribution in [2.24, 2.45) is 0 Å². The molecule has 104 valence electrons. The highest BCUT2D eigenvalue weighted by Crippen LogP contribution is 2.33. The zero-order chi connectivity index (χ0) is 14.1. The van der Waals surface area contributed by atoms with E-state index in [9.17, 15) is 4.79 Å². The van der Waals surface area contributed by atoms with Crippen molar-refractivity contribution in [3.05, 3.63) is 45.1 Å². The molecular weight excluding hydrogens is 296 g/mol. The first-order chi connectivity index (χ1) is 9.61. The fourth-order valence-electron chi connectivity index (χ4n) is 2.46. The first-order valence-electron chi connectivity index (χ1n) is 6.24. The number of carboxylic acid groups (broad SMARTS) is 1. The van der Waals surface area contributed by atoms with Crippen LogP contribution < -0.4 is 10.2 Å². The molecule has 0 bridgehead atoms. The molecule has 1 aliphatic heterocycles. The largest absolute Gasteiger partial charge is 0.465 e. The van der Waals surface area contributed by atoms with E-state index in [1.807, 2.05) is 24.3 Å². The van der Waals surface area contributed by atoms with Gasteiger partial charge in [0.1, 0.15) is 0 Å². The summed E-state index contributed by atoms with van der Waals surface area (Å²) in [6.07, 6.45) is -0.100. The van der Waals surface area contributed by atoms with Crippen LogP contribution in [0.2, 0.25) is 4.34 Å². The zero-order valence-electron chi connectivity index (χ0n) is 10.6. The molecule has 0 spiro atoms. The van der Waals surface area contributed by atoms with Crippen molar-refractivity contribution in [1.82, 2.24) is 0 Å². The number of benzene rings is 1. The molecule has 3 rings (SSSR count). The lowest BCUT2D eigenvalue weighted by Crippen LogP contribution is -2.18. The summed E-state index contributed by atoms with van der Waals surface area (Å²) in [5.41, 5.74) is 2.97. The van der Waals surface area contributed by atoms with Gasteiger partial charge < -0.3 is 10.0 Å². The third kappa shape index (κ3) is 2.73. The van der Waals surface area contributed by atoms with Crippen LogP contribution in [-0.2, 0) is 13.0 Å². The number of nitrogens with one attached hydrogen (secondary N) is 1. The van der Waals surface area contributed by atoms with Crippen LogP contribution in [0.4, 0.5) is 16.2 Å². The molecule has 0 unspecified atom stereocenters. The first-order valence-corrected chi connectivity index (χ1v) is 7.43. The molecule has 0 saturated carbocycles. The van der Waals surface area contributed by atoms with E-state index in [1.54, 1.807) is 17.4 Å². The number of thiophene rings is 1. The molecule has 6 heteroatoms. The number of amides is 1. The molecule has 4 nitrogen and oxygen atoms in total. The number of halogens is 1. The van der Waals surface area contributed by atoms with Gasteiger partial charge in [0.15, 0.2) is 0 Å². The summed E-state index contributed by atoms with van der Waals surface area (Å²) >= 11 is 7.55. The average molecular weight is 309 g/mol. The molecule has 0 aliphatic carbocycles. The van der Waals surface area contributed by atoms with Gasteiger partial charge in [-0.15, -0.1) is 11.3 Å². The highest BCUT2D eigenvalue weighted by Gasteiger charge is 2.20. The fourth-order valence-corrected chi connectivity index (χ4v) is 3.56. The molecule has 0 fully saturated rings. The lowest BCUT2D eigenvalue weighted by Gasteiger charge is -2.18. The Morgan fingerprint density at radius 1 is 1.40 bits per heavy atom. The van der Waals surface area contributed by atoms with E-state index < -0.39 is 6.09 Å². The van der Waals surface area contributed by atoms with Gasteiger partial charge in [-0.3, -0.25) is 5.32 Å². The number of fused-ring (bicyclic) bond motifs is 1. The summed E-state index contributed by atoms with van der Waals surface area (Å²) in [6, 6.07) is 9.64. The lowest BCUT2D eigenvalue weighted by atomic mass is 10.1. The highest BCUT2D eigenvalue weighted by atomic mass is 35.5. The molecule has 20 heavy (non-hydrogen) atoms. The van der Waals surface area contributed by atoms with E-state index in [0.717, 1.165) is 23.8 Å². The molecule has 2 N–H and O–H groups in total. The van der Waals surface area contributed by atoms with Crippen molar-refractivity contribution >= 4 is 40.4 Å². The maximum Gasteiger partial charge on any atom is 0.409 e. The minimum atomic E-state index is -1.03. The average Bonchev–Trinajstić information content (AvgIpc) is 2.96. The number of hydrogen-bond donors (Lipinski definition) is 2.